The van der Waals surface area contributed by atoms with Gasteiger partial charge in [-0.1, -0.05) is 19.3 Å². The number of carboxylic acids is 1. The molecular weight excluding hydrogens is 238 g/mol. The maximum Gasteiger partial charge on any atom is 0.327 e. The van der Waals surface area contributed by atoms with E-state index in [1.54, 1.807) is 11.8 Å². The fourth-order valence-corrected chi connectivity index (χ4v) is 5.30. The van der Waals surface area contributed by atoms with Crippen LogP contribution >= 0.6 is 11.8 Å². The molecule has 0 bridgehead atoms. The standard InChI is InChI=1S/C12H19NO3S/c1-11(2)13(8-14)9(10(15)16)12(17-11)6-4-3-5-7-12/h8-9H,3-7H2,1-2H3,(H,15,16). The van der Waals surface area contributed by atoms with Crippen molar-refractivity contribution in [1.82, 2.24) is 4.90 Å². The number of hydrogen-bond donors (Lipinski definition) is 1. The Kier molecular flexibility index (Phi) is 3.14. The molecule has 4 nitrogen and oxygen atoms in total. The van der Waals surface area contributed by atoms with Crippen LogP contribution in [0.3, 0.4) is 0 Å². The van der Waals surface area contributed by atoms with Crippen LogP contribution in [0.1, 0.15) is 46.0 Å². The Morgan fingerprint density at radius 1 is 1.35 bits per heavy atom. The number of carboxylic acid groups (broad SMARTS) is 1. The second-order valence-electron chi connectivity index (χ2n) is 5.43. The average Bonchev–Trinajstić information content (AvgIpc) is 2.46. The van der Waals surface area contributed by atoms with Gasteiger partial charge >= 0.3 is 5.97 Å². The molecule has 1 aliphatic carbocycles. The van der Waals surface area contributed by atoms with E-state index in [0.29, 0.717) is 6.41 Å². The Bertz CT molecular complexity index is 337. The Balaban J connectivity index is 2.38. The molecule has 0 aromatic heterocycles. The van der Waals surface area contributed by atoms with Gasteiger partial charge in [0.25, 0.3) is 0 Å². The number of nitrogens with zero attached hydrogens (tertiary/aromatic N) is 1. The number of carbonyl (C=O) groups is 2. The SMILES string of the molecule is CC1(C)SC2(CCCCC2)C(C(=O)O)N1C=O. The van der Waals surface area contributed by atoms with E-state index in [2.05, 4.69) is 0 Å². The molecule has 1 spiro atoms. The molecule has 1 saturated carbocycles. The van der Waals surface area contributed by atoms with Crippen LogP contribution in [0.4, 0.5) is 0 Å². The van der Waals surface area contributed by atoms with E-state index >= 15 is 0 Å². The highest BCUT2D eigenvalue weighted by atomic mass is 32.2. The first-order valence-corrected chi connectivity index (χ1v) is 6.91. The lowest BCUT2D eigenvalue weighted by molar-refractivity contribution is -0.149. The molecule has 96 valence electrons. The second-order valence-corrected chi connectivity index (χ2v) is 7.44. The number of rotatable bonds is 2. The van der Waals surface area contributed by atoms with Crippen LogP contribution in [-0.2, 0) is 9.59 Å². The molecule has 0 aromatic rings. The lowest BCUT2D eigenvalue weighted by Crippen LogP contribution is -2.52. The molecule has 2 aliphatic rings. The lowest BCUT2D eigenvalue weighted by atomic mass is 9.82. The quantitative estimate of drug-likeness (QED) is 0.770. The van der Waals surface area contributed by atoms with Gasteiger partial charge in [-0.3, -0.25) is 4.79 Å². The summed E-state index contributed by atoms with van der Waals surface area (Å²) in [5.74, 6) is -0.864. The molecule has 0 radical (unpaired) electrons. The normalized spacial score (nSPS) is 30.5. The minimum absolute atomic E-state index is 0.269. The largest absolute Gasteiger partial charge is 0.480 e. The van der Waals surface area contributed by atoms with Crippen LogP contribution in [0.2, 0.25) is 0 Å². The third-order valence-corrected chi connectivity index (χ3v) is 5.65. The van der Waals surface area contributed by atoms with Crippen molar-refractivity contribution in [2.45, 2.75) is 61.6 Å². The van der Waals surface area contributed by atoms with Gasteiger partial charge in [0, 0.05) is 4.75 Å². The van der Waals surface area contributed by atoms with Gasteiger partial charge in [0.05, 0.1) is 4.87 Å². The maximum absolute atomic E-state index is 11.5. The minimum Gasteiger partial charge on any atom is -0.480 e. The Morgan fingerprint density at radius 3 is 2.41 bits per heavy atom. The lowest BCUT2D eigenvalue weighted by Gasteiger charge is -2.36. The summed E-state index contributed by atoms with van der Waals surface area (Å²) in [6.07, 6.45) is 5.83. The van der Waals surface area contributed by atoms with Crippen molar-refractivity contribution in [2.75, 3.05) is 0 Å². The van der Waals surface area contributed by atoms with Crippen molar-refractivity contribution in [3.8, 4) is 0 Å². The molecule has 1 saturated heterocycles. The van der Waals surface area contributed by atoms with E-state index in [1.807, 2.05) is 13.8 Å². The van der Waals surface area contributed by atoms with Gasteiger partial charge in [0.1, 0.15) is 6.04 Å². The summed E-state index contributed by atoms with van der Waals surface area (Å²) in [6.45, 7) is 3.87. The molecule has 1 unspecified atom stereocenters. The first kappa shape index (κ1) is 12.7. The molecular formula is C12H19NO3S. The Morgan fingerprint density at radius 2 is 1.94 bits per heavy atom. The van der Waals surface area contributed by atoms with E-state index in [0.717, 1.165) is 25.7 Å². The van der Waals surface area contributed by atoms with Crippen LogP contribution < -0.4 is 0 Å². The highest BCUT2D eigenvalue weighted by Crippen LogP contribution is 2.56. The molecule has 1 N–H and O–H groups in total. The fraction of sp³-hybridized carbons (Fsp3) is 0.833. The van der Waals surface area contributed by atoms with Crippen LogP contribution in [0.15, 0.2) is 0 Å². The maximum atomic E-state index is 11.5. The monoisotopic (exact) mass is 257 g/mol. The van der Waals surface area contributed by atoms with Crippen molar-refractivity contribution in [3.63, 3.8) is 0 Å². The second kappa shape index (κ2) is 4.19. The van der Waals surface area contributed by atoms with Gasteiger partial charge in [-0.2, -0.15) is 0 Å². The van der Waals surface area contributed by atoms with Gasteiger partial charge in [-0.05, 0) is 26.7 Å². The van der Waals surface area contributed by atoms with E-state index in [-0.39, 0.29) is 4.75 Å². The highest BCUT2D eigenvalue weighted by Gasteiger charge is 2.59. The van der Waals surface area contributed by atoms with Gasteiger partial charge in [0.15, 0.2) is 0 Å². The number of amides is 1. The molecule has 1 aliphatic heterocycles. The predicted molar refractivity (Wildman–Crippen MR) is 66.8 cm³/mol. The minimum atomic E-state index is -0.864. The molecule has 2 rings (SSSR count). The zero-order valence-corrected chi connectivity index (χ0v) is 11.1. The molecule has 17 heavy (non-hydrogen) atoms. The molecule has 5 heteroatoms. The first-order chi connectivity index (χ1) is 7.93. The smallest absolute Gasteiger partial charge is 0.327 e. The molecule has 2 fully saturated rings. The average molecular weight is 257 g/mol. The summed E-state index contributed by atoms with van der Waals surface area (Å²) in [5.41, 5.74) is 0. The Labute approximate surface area is 106 Å². The third-order valence-electron chi connectivity index (χ3n) is 3.90. The van der Waals surface area contributed by atoms with Crippen molar-refractivity contribution >= 4 is 24.1 Å². The summed E-state index contributed by atoms with van der Waals surface area (Å²) in [4.78, 5) is 23.8. The van der Waals surface area contributed by atoms with Crippen molar-refractivity contribution in [2.24, 2.45) is 0 Å². The predicted octanol–water partition coefficient (Wildman–Crippen LogP) is 2.08. The molecule has 0 aromatic carbocycles. The van der Waals surface area contributed by atoms with Gasteiger partial charge in [-0.25, -0.2) is 4.79 Å². The van der Waals surface area contributed by atoms with Gasteiger partial charge < -0.3 is 10.0 Å². The summed E-state index contributed by atoms with van der Waals surface area (Å²) in [6, 6.07) is -0.666. The van der Waals surface area contributed by atoms with Gasteiger partial charge in [0.2, 0.25) is 6.41 Å². The summed E-state index contributed by atoms with van der Waals surface area (Å²) in [5, 5.41) is 9.45. The summed E-state index contributed by atoms with van der Waals surface area (Å²) in [7, 11) is 0. The van der Waals surface area contributed by atoms with Gasteiger partial charge in [-0.15, -0.1) is 11.8 Å². The summed E-state index contributed by atoms with van der Waals surface area (Å²) >= 11 is 1.67. The Hall–Kier alpha value is -0.710. The van der Waals surface area contributed by atoms with Crippen LogP contribution in [0, 0.1) is 0 Å². The van der Waals surface area contributed by atoms with E-state index in [4.69, 9.17) is 0 Å². The van der Waals surface area contributed by atoms with Crippen LogP contribution in [0.25, 0.3) is 0 Å². The molecule has 1 atom stereocenters. The first-order valence-electron chi connectivity index (χ1n) is 6.10. The zero-order valence-electron chi connectivity index (χ0n) is 10.3. The number of carbonyl (C=O) groups excluding carboxylic acids is 1. The molecule has 1 amide bonds. The topological polar surface area (TPSA) is 57.6 Å². The van der Waals surface area contributed by atoms with Crippen molar-refractivity contribution in [3.05, 3.63) is 0 Å². The fourth-order valence-electron chi connectivity index (χ4n) is 3.23. The number of thioether (sulfide) groups is 1. The van der Waals surface area contributed by atoms with E-state index in [9.17, 15) is 14.7 Å². The molecule has 1 heterocycles. The van der Waals surface area contributed by atoms with E-state index in [1.165, 1.54) is 11.3 Å². The van der Waals surface area contributed by atoms with Crippen molar-refractivity contribution in [1.29, 1.82) is 0 Å². The summed E-state index contributed by atoms with van der Waals surface area (Å²) < 4.78 is -0.269. The highest BCUT2D eigenvalue weighted by molar-refractivity contribution is 8.02. The number of hydrogen-bond acceptors (Lipinski definition) is 3. The zero-order chi connectivity index (χ0) is 12.7. The van der Waals surface area contributed by atoms with Crippen LogP contribution in [-0.4, -0.2) is 38.0 Å². The van der Waals surface area contributed by atoms with Crippen molar-refractivity contribution < 1.29 is 14.7 Å². The van der Waals surface area contributed by atoms with Crippen LogP contribution in [0.5, 0.6) is 0 Å². The number of aliphatic carboxylic acids is 1. The van der Waals surface area contributed by atoms with E-state index < -0.39 is 16.9 Å². The third kappa shape index (κ3) is 1.94.